The largest absolute Gasteiger partial charge is 0.356 e. The standard InChI is InChI=1S/C8H13NS/c1-8(2,3)6-4-7(10)9-5-6/h4-5,9-10H,1-3H3. The van der Waals surface area contributed by atoms with Crippen molar-refractivity contribution in [1.82, 2.24) is 4.98 Å². The Labute approximate surface area is 67.3 Å². The first kappa shape index (κ1) is 7.73. The van der Waals surface area contributed by atoms with Gasteiger partial charge in [0.25, 0.3) is 0 Å². The molecule has 1 aromatic heterocycles. The predicted octanol–water partition coefficient (Wildman–Crippen LogP) is 2.60. The highest BCUT2D eigenvalue weighted by Gasteiger charge is 2.13. The fourth-order valence-electron chi connectivity index (χ4n) is 0.815. The zero-order valence-corrected chi connectivity index (χ0v) is 7.50. The molecule has 0 saturated carbocycles. The van der Waals surface area contributed by atoms with Crippen molar-refractivity contribution in [1.29, 1.82) is 0 Å². The van der Waals surface area contributed by atoms with Gasteiger partial charge in [0.2, 0.25) is 0 Å². The van der Waals surface area contributed by atoms with Crippen LogP contribution in [0.5, 0.6) is 0 Å². The molecule has 0 spiro atoms. The van der Waals surface area contributed by atoms with Crippen LogP contribution in [0.4, 0.5) is 0 Å². The Balaban J connectivity index is 2.96. The number of hydrogen-bond acceptors (Lipinski definition) is 1. The summed E-state index contributed by atoms with van der Waals surface area (Å²) in [6, 6.07) is 2.06. The molecule has 0 aliphatic rings. The summed E-state index contributed by atoms with van der Waals surface area (Å²) in [4.78, 5) is 3.04. The van der Waals surface area contributed by atoms with Crippen molar-refractivity contribution in [3.05, 3.63) is 17.8 Å². The number of aromatic nitrogens is 1. The highest BCUT2D eigenvalue weighted by atomic mass is 32.1. The van der Waals surface area contributed by atoms with Gasteiger partial charge in [0.05, 0.1) is 5.03 Å². The van der Waals surface area contributed by atoms with Crippen molar-refractivity contribution >= 4 is 12.6 Å². The number of H-pyrrole nitrogens is 1. The zero-order chi connectivity index (χ0) is 7.78. The maximum atomic E-state index is 4.18. The molecule has 0 radical (unpaired) electrons. The molecule has 0 fully saturated rings. The summed E-state index contributed by atoms with van der Waals surface area (Å²) in [6.45, 7) is 6.55. The first-order valence-electron chi connectivity index (χ1n) is 3.38. The second kappa shape index (κ2) is 2.35. The Morgan fingerprint density at radius 1 is 1.40 bits per heavy atom. The number of aromatic amines is 1. The fourth-order valence-corrected chi connectivity index (χ4v) is 1.02. The fraction of sp³-hybridized carbons (Fsp3) is 0.500. The Hall–Kier alpha value is -0.370. The van der Waals surface area contributed by atoms with Gasteiger partial charge in [-0.3, -0.25) is 0 Å². The molecule has 1 aromatic rings. The Morgan fingerprint density at radius 2 is 2.00 bits per heavy atom. The van der Waals surface area contributed by atoms with E-state index in [1.165, 1.54) is 5.56 Å². The monoisotopic (exact) mass is 155 g/mol. The average Bonchev–Trinajstić information content (AvgIpc) is 2.11. The summed E-state index contributed by atoms with van der Waals surface area (Å²) in [5.41, 5.74) is 1.54. The molecule has 0 unspecified atom stereocenters. The third-order valence-electron chi connectivity index (χ3n) is 1.53. The van der Waals surface area contributed by atoms with E-state index in [4.69, 9.17) is 0 Å². The normalized spacial score (nSPS) is 12.0. The highest BCUT2D eigenvalue weighted by molar-refractivity contribution is 7.80. The van der Waals surface area contributed by atoms with Gasteiger partial charge in [-0.25, -0.2) is 0 Å². The summed E-state index contributed by atoms with van der Waals surface area (Å²) < 4.78 is 0. The quantitative estimate of drug-likeness (QED) is 0.536. The molecule has 0 aromatic carbocycles. The van der Waals surface area contributed by atoms with Crippen LogP contribution in [0, 0.1) is 0 Å². The second-order valence-corrected chi connectivity index (χ2v) is 4.01. The van der Waals surface area contributed by atoms with Crippen LogP contribution in [-0.4, -0.2) is 4.98 Å². The molecule has 10 heavy (non-hydrogen) atoms. The van der Waals surface area contributed by atoms with E-state index in [1.807, 2.05) is 6.20 Å². The minimum Gasteiger partial charge on any atom is -0.356 e. The van der Waals surface area contributed by atoms with Crippen LogP contribution in [0.1, 0.15) is 26.3 Å². The number of hydrogen-bond donors (Lipinski definition) is 2. The van der Waals surface area contributed by atoms with Gasteiger partial charge < -0.3 is 4.98 Å². The summed E-state index contributed by atoms with van der Waals surface area (Å²) in [5.74, 6) is 0. The number of rotatable bonds is 0. The minimum atomic E-state index is 0.234. The predicted molar refractivity (Wildman–Crippen MR) is 46.7 cm³/mol. The van der Waals surface area contributed by atoms with Crippen molar-refractivity contribution in [3.63, 3.8) is 0 Å². The first-order valence-corrected chi connectivity index (χ1v) is 3.83. The molecule has 2 heteroatoms. The molecule has 0 aliphatic heterocycles. The van der Waals surface area contributed by atoms with Gasteiger partial charge in [-0.1, -0.05) is 20.8 Å². The van der Waals surface area contributed by atoms with Crippen LogP contribution in [0.15, 0.2) is 17.3 Å². The van der Waals surface area contributed by atoms with E-state index in [1.54, 1.807) is 0 Å². The van der Waals surface area contributed by atoms with Crippen molar-refractivity contribution in [2.45, 2.75) is 31.2 Å². The van der Waals surface area contributed by atoms with Crippen LogP contribution in [-0.2, 0) is 5.41 Å². The Bertz CT molecular complexity index is 219. The van der Waals surface area contributed by atoms with Crippen molar-refractivity contribution in [2.75, 3.05) is 0 Å². The highest BCUT2D eigenvalue weighted by Crippen LogP contribution is 2.23. The average molecular weight is 155 g/mol. The Kier molecular flexibility index (Phi) is 1.82. The molecule has 1 N–H and O–H groups in total. The molecule has 0 bridgehead atoms. The van der Waals surface area contributed by atoms with E-state index in [2.05, 4.69) is 44.5 Å². The molecule has 1 rings (SSSR count). The molecule has 0 saturated heterocycles. The minimum absolute atomic E-state index is 0.234. The van der Waals surface area contributed by atoms with Crippen LogP contribution < -0.4 is 0 Å². The van der Waals surface area contributed by atoms with E-state index in [9.17, 15) is 0 Å². The Morgan fingerprint density at radius 3 is 2.20 bits per heavy atom. The van der Waals surface area contributed by atoms with E-state index in [-0.39, 0.29) is 5.41 Å². The maximum absolute atomic E-state index is 4.18. The van der Waals surface area contributed by atoms with E-state index in [0.717, 1.165) is 5.03 Å². The summed E-state index contributed by atoms with van der Waals surface area (Å²) in [7, 11) is 0. The van der Waals surface area contributed by atoms with E-state index < -0.39 is 0 Å². The SMILES string of the molecule is CC(C)(C)c1c[nH]c(S)c1. The molecule has 56 valence electrons. The van der Waals surface area contributed by atoms with Gasteiger partial charge in [-0.15, -0.1) is 12.6 Å². The van der Waals surface area contributed by atoms with E-state index >= 15 is 0 Å². The van der Waals surface area contributed by atoms with Crippen LogP contribution in [0.3, 0.4) is 0 Å². The van der Waals surface area contributed by atoms with Crippen LogP contribution in [0.2, 0.25) is 0 Å². The van der Waals surface area contributed by atoms with Gasteiger partial charge >= 0.3 is 0 Å². The molecule has 1 heterocycles. The lowest BCUT2D eigenvalue weighted by molar-refractivity contribution is 0.591. The number of nitrogens with one attached hydrogen (secondary N) is 1. The van der Waals surface area contributed by atoms with Gasteiger partial charge in [0.1, 0.15) is 0 Å². The van der Waals surface area contributed by atoms with Crippen molar-refractivity contribution in [3.8, 4) is 0 Å². The molecule has 1 nitrogen and oxygen atoms in total. The van der Waals surface area contributed by atoms with Gasteiger partial charge in [0, 0.05) is 6.20 Å². The van der Waals surface area contributed by atoms with Crippen molar-refractivity contribution in [2.24, 2.45) is 0 Å². The smallest absolute Gasteiger partial charge is 0.0693 e. The summed E-state index contributed by atoms with van der Waals surface area (Å²) >= 11 is 4.18. The van der Waals surface area contributed by atoms with E-state index in [0.29, 0.717) is 0 Å². The third kappa shape index (κ3) is 1.57. The summed E-state index contributed by atoms with van der Waals surface area (Å²) in [6.07, 6.45) is 2.00. The maximum Gasteiger partial charge on any atom is 0.0693 e. The van der Waals surface area contributed by atoms with Gasteiger partial charge in [-0.05, 0) is 17.0 Å². The summed E-state index contributed by atoms with van der Waals surface area (Å²) in [5, 5.41) is 0.935. The number of thiol groups is 1. The third-order valence-corrected chi connectivity index (χ3v) is 1.79. The molecular formula is C8H13NS. The zero-order valence-electron chi connectivity index (χ0n) is 6.60. The molecule has 0 atom stereocenters. The lowest BCUT2D eigenvalue weighted by Crippen LogP contribution is -2.08. The van der Waals surface area contributed by atoms with Gasteiger partial charge in [-0.2, -0.15) is 0 Å². The molecule has 0 amide bonds. The molecule has 0 aliphatic carbocycles. The second-order valence-electron chi connectivity index (χ2n) is 3.52. The van der Waals surface area contributed by atoms with Gasteiger partial charge in [0.15, 0.2) is 0 Å². The first-order chi connectivity index (χ1) is 4.50. The lowest BCUT2D eigenvalue weighted by atomic mass is 9.89. The topological polar surface area (TPSA) is 15.8 Å². The van der Waals surface area contributed by atoms with Crippen LogP contribution in [0.25, 0.3) is 0 Å². The van der Waals surface area contributed by atoms with Crippen molar-refractivity contribution < 1.29 is 0 Å². The lowest BCUT2D eigenvalue weighted by Gasteiger charge is -2.15. The van der Waals surface area contributed by atoms with Crippen LogP contribution >= 0.6 is 12.6 Å². The molecular weight excluding hydrogens is 142 g/mol.